The Morgan fingerprint density at radius 2 is 2.14 bits per heavy atom. The minimum atomic E-state index is 0.0332. The zero-order valence-electron chi connectivity index (χ0n) is 7.31. The van der Waals surface area contributed by atoms with E-state index < -0.39 is 0 Å². The molecule has 0 saturated carbocycles. The van der Waals surface area contributed by atoms with Crippen molar-refractivity contribution in [2.45, 2.75) is 0 Å². The molecule has 14 heavy (non-hydrogen) atoms. The zero-order chi connectivity index (χ0) is 9.97. The molecule has 3 heteroatoms. The van der Waals surface area contributed by atoms with Crippen LogP contribution in [0.2, 0.25) is 0 Å². The van der Waals surface area contributed by atoms with Crippen LogP contribution in [0.5, 0.6) is 5.75 Å². The van der Waals surface area contributed by atoms with Crippen molar-refractivity contribution in [3.63, 3.8) is 0 Å². The lowest BCUT2D eigenvalue weighted by Gasteiger charge is -2.00. The molecule has 0 aliphatic carbocycles. The molecule has 1 N–H and O–H groups in total. The Morgan fingerprint density at radius 3 is 2.71 bits per heavy atom. The highest BCUT2D eigenvalue weighted by atomic mass is 32.1. The van der Waals surface area contributed by atoms with Crippen LogP contribution in [0.1, 0.15) is 10.4 Å². The first-order valence-electron chi connectivity index (χ1n) is 4.13. The summed E-state index contributed by atoms with van der Waals surface area (Å²) < 4.78 is 0. The van der Waals surface area contributed by atoms with E-state index >= 15 is 0 Å². The molecule has 0 unspecified atom stereocenters. The van der Waals surface area contributed by atoms with Crippen LogP contribution in [0.15, 0.2) is 35.7 Å². The molecule has 0 saturated heterocycles. The number of phenolic OH excluding ortho intramolecular Hbond substituents is 1. The van der Waals surface area contributed by atoms with Gasteiger partial charge in [-0.05, 0) is 29.1 Å². The summed E-state index contributed by atoms with van der Waals surface area (Å²) in [6.45, 7) is 0. The highest BCUT2D eigenvalue weighted by Crippen LogP contribution is 2.28. The SMILES string of the molecule is O=Cc1ccc(-c2cccs2)cc1O. The summed E-state index contributed by atoms with van der Waals surface area (Å²) in [6.07, 6.45) is 0.646. The Balaban J connectivity index is 2.48. The minimum Gasteiger partial charge on any atom is -0.507 e. The maximum Gasteiger partial charge on any atom is 0.153 e. The summed E-state index contributed by atoms with van der Waals surface area (Å²) in [6, 6.07) is 8.98. The van der Waals surface area contributed by atoms with Gasteiger partial charge in [0.15, 0.2) is 6.29 Å². The number of rotatable bonds is 2. The van der Waals surface area contributed by atoms with Crippen LogP contribution in [-0.2, 0) is 0 Å². The first-order valence-corrected chi connectivity index (χ1v) is 5.01. The Kier molecular flexibility index (Phi) is 2.33. The lowest BCUT2D eigenvalue weighted by atomic mass is 10.1. The summed E-state index contributed by atoms with van der Waals surface area (Å²) in [5.74, 6) is 0.0332. The van der Waals surface area contributed by atoms with Crippen molar-refractivity contribution in [1.82, 2.24) is 0 Å². The van der Waals surface area contributed by atoms with Gasteiger partial charge in [0.05, 0.1) is 5.56 Å². The Morgan fingerprint density at radius 1 is 1.29 bits per heavy atom. The number of benzene rings is 1. The Labute approximate surface area is 85.4 Å². The van der Waals surface area contributed by atoms with Crippen molar-refractivity contribution in [2.24, 2.45) is 0 Å². The molecule has 0 fully saturated rings. The van der Waals surface area contributed by atoms with Crippen molar-refractivity contribution >= 4 is 17.6 Å². The van der Waals surface area contributed by atoms with Gasteiger partial charge in [0.25, 0.3) is 0 Å². The Hall–Kier alpha value is -1.61. The molecule has 0 amide bonds. The van der Waals surface area contributed by atoms with Crippen molar-refractivity contribution in [3.05, 3.63) is 41.3 Å². The molecule has 2 aromatic rings. The summed E-state index contributed by atoms with van der Waals surface area (Å²) in [7, 11) is 0. The van der Waals surface area contributed by atoms with Crippen molar-refractivity contribution in [1.29, 1.82) is 0 Å². The van der Waals surface area contributed by atoms with Gasteiger partial charge in [-0.2, -0.15) is 0 Å². The number of carbonyl (C=O) groups excluding carboxylic acids is 1. The first-order chi connectivity index (χ1) is 6.81. The quantitative estimate of drug-likeness (QED) is 0.763. The van der Waals surface area contributed by atoms with Gasteiger partial charge in [0.2, 0.25) is 0 Å². The van der Waals surface area contributed by atoms with E-state index in [9.17, 15) is 9.90 Å². The summed E-state index contributed by atoms with van der Waals surface area (Å²) >= 11 is 1.60. The lowest BCUT2D eigenvalue weighted by Crippen LogP contribution is -1.81. The van der Waals surface area contributed by atoms with E-state index in [1.54, 1.807) is 23.5 Å². The van der Waals surface area contributed by atoms with Crippen LogP contribution in [-0.4, -0.2) is 11.4 Å². The van der Waals surface area contributed by atoms with Gasteiger partial charge in [-0.15, -0.1) is 11.3 Å². The average Bonchev–Trinajstić information content (AvgIpc) is 2.70. The third kappa shape index (κ3) is 1.54. The second-order valence-corrected chi connectivity index (χ2v) is 3.82. The molecule has 1 aromatic heterocycles. The molecule has 0 radical (unpaired) electrons. The fourth-order valence-electron chi connectivity index (χ4n) is 1.24. The zero-order valence-corrected chi connectivity index (χ0v) is 8.12. The van der Waals surface area contributed by atoms with E-state index in [1.807, 2.05) is 23.6 Å². The van der Waals surface area contributed by atoms with Gasteiger partial charge in [-0.3, -0.25) is 4.79 Å². The molecule has 0 aliphatic rings. The fourth-order valence-corrected chi connectivity index (χ4v) is 1.96. The largest absolute Gasteiger partial charge is 0.507 e. The second-order valence-electron chi connectivity index (χ2n) is 2.87. The molecule has 1 aromatic carbocycles. The molecule has 0 aliphatic heterocycles. The maximum atomic E-state index is 10.5. The van der Waals surface area contributed by atoms with Gasteiger partial charge < -0.3 is 5.11 Å². The van der Waals surface area contributed by atoms with Crippen molar-refractivity contribution in [3.8, 4) is 16.2 Å². The predicted molar refractivity (Wildman–Crippen MR) is 56.8 cm³/mol. The van der Waals surface area contributed by atoms with Gasteiger partial charge >= 0.3 is 0 Å². The summed E-state index contributed by atoms with van der Waals surface area (Å²) in [4.78, 5) is 11.5. The molecule has 2 nitrogen and oxygen atoms in total. The van der Waals surface area contributed by atoms with E-state index in [2.05, 4.69) is 0 Å². The first kappa shape index (κ1) is 8.97. The number of aromatic hydroxyl groups is 1. The topological polar surface area (TPSA) is 37.3 Å². The molecular formula is C11H8O2S. The molecular weight excluding hydrogens is 196 g/mol. The van der Waals surface area contributed by atoms with Gasteiger partial charge in [0, 0.05) is 4.88 Å². The lowest BCUT2D eigenvalue weighted by molar-refractivity contribution is 0.112. The number of hydrogen-bond donors (Lipinski definition) is 1. The highest BCUT2D eigenvalue weighted by Gasteiger charge is 2.03. The molecule has 0 bridgehead atoms. The fraction of sp³-hybridized carbons (Fsp3) is 0. The third-order valence-corrected chi connectivity index (χ3v) is 2.88. The van der Waals surface area contributed by atoms with E-state index in [0.29, 0.717) is 11.8 Å². The van der Waals surface area contributed by atoms with Crippen LogP contribution < -0.4 is 0 Å². The maximum absolute atomic E-state index is 10.5. The average molecular weight is 204 g/mol. The molecule has 70 valence electrons. The van der Waals surface area contributed by atoms with Crippen molar-refractivity contribution in [2.75, 3.05) is 0 Å². The molecule has 2 rings (SSSR count). The van der Waals surface area contributed by atoms with Crippen LogP contribution in [0.4, 0.5) is 0 Å². The van der Waals surface area contributed by atoms with Crippen LogP contribution in [0, 0.1) is 0 Å². The van der Waals surface area contributed by atoms with Crippen LogP contribution in [0.25, 0.3) is 10.4 Å². The molecule has 0 spiro atoms. The number of thiophene rings is 1. The summed E-state index contributed by atoms with van der Waals surface area (Å²) in [5, 5.41) is 11.4. The van der Waals surface area contributed by atoms with Crippen molar-refractivity contribution < 1.29 is 9.90 Å². The second kappa shape index (κ2) is 3.64. The van der Waals surface area contributed by atoms with E-state index in [4.69, 9.17) is 0 Å². The monoisotopic (exact) mass is 204 g/mol. The van der Waals surface area contributed by atoms with Crippen LogP contribution >= 0.6 is 11.3 Å². The smallest absolute Gasteiger partial charge is 0.153 e. The molecule has 0 atom stereocenters. The standard InChI is InChI=1S/C11H8O2S/c12-7-9-4-3-8(6-10(9)13)11-2-1-5-14-11/h1-7,13H. The van der Waals surface area contributed by atoms with E-state index in [0.717, 1.165) is 10.4 Å². The van der Waals surface area contributed by atoms with Crippen LogP contribution in [0.3, 0.4) is 0 Å². The Bertz CT molecular complexity index is 446. The van der Waals surface area contributed by atoms with Gasteiger partial charge in [-0.1, -0.05) is 12.1 Å². The number of phenols is 1. The van der Waals surface area contributed by atoms with Gasteiger partial charge in [-0.25, -0.2) is 0 Å². The minimum absolute atomic E-state index is 0.0332. The van der Waals surface area contributed by atoms with Gasteiger partial charge in [0.1, 0.15) is 5.75 Å². The molecule has 1 heterocycles. The summed E-state index contributed by atoms with van der Waals surface area (Å²) in [5.41, 5.74) is 1.26. The highest BCUT2D eigenvalue weighted by molar-refractivity contribution is 7.13. The normalized spacial score (nSPS) is 10.0. The number of carbonyl (C=O) groups is 1. The van der Waals surface area contributed by atoms with E-state index in [-0.39, 0.29) is 5.75 Å². The number of hydrogen-bond acceptors (Lipinski definition) is 3. The predicted octanol–water partition coefficient (Wildman–Crippen LogP) is 2.93. The van der Waals surface area contributed by atoms with E-state index in [1.165, 1.54) is 0 Å². The number of aldehydes is 1. The third-order valence-electron chi connectivity index (χ3n) is 1.96.